The van der Waals surface area contributed by atoms with E-state index < -0.39 is 0 Å². The first kappa shape index (κ1) is 5.92. The van der Waals surface area contributed by atoms with E-state index in [1.807, 2.05) is 0 Å². The highest BCUT2D eigenvalue weighted by molar-refractivity contribution is 4.38. The summed E-state index contributed by atoms with van der Waals surface area (Å²) in [6.07, 6.45) is 2.13. The Balaban J connectivity index is 0. The van der Waals surface area contributed by atoms with Crippen molar-refractivity contribution < 1.29 is 1.43 Å². The maximum Gasteiger partial charge on any atom is 0 e. The number of nitrogens with two attached hydrogens (primary N) is 2. The molecule has 2 heteroatoms. The molecular formula is C4H14N2. The highest BCUT2D eigenvalue weighted by Crippen LogP contribution is 1.77. The average Bonchev–Trinajstić information content (AvgIpc) is 1.61. The third kappa shape index (κ3) is 3.92. The molecule has 0 heterocycles. The topological polar surface area (TPSA) is 52.0 Å². The van der Waals surface area contributed by atoms with Gasteiger partial charge in [0.05, 0.1) is 0 Å². The number of rotatable bonds is 3. The second kappa shape index (κ2) is 4.92. The Morgan fingerprint density at radius 1 is 1.00 bits per heavy atom. The minimum absolute atomic E-state index is 0. The van der Waals surface area contributed by atoms with Crippen molar-refractivity contribution in [1.29, 1.82) is 0 Å². The first-order valence-corrected chi connectivity index (χ1v) is 2.32. The monoisotopic (exact) mass is 90.1 g/mol. The summed E-state index contributed by atoms with van der Waals surface area (Å²) in [6, 6.07) is 0. The van der Waals surface area contributed by atoms with E-state index in [0.29, 0.717) is 0 Å². The van der Waals surface area contributed by atoms with Crippen LogP contribution in [0, 0.1) is 0 Å². The van der Waals surface area contributed by atoms with Crippen molar-refractivity contribution in [2.75, 3.05) is 13.1 Å². The lowest BCUT2D eigenvalue weighted by Crippen LogP contribution is -2.03. The standard InChI is InChI=1S/C4H12N2.H2/c5-3-1-2-4-6;/h1-6H2;1H. The Morgan fingerprint density at radius 3 is 1.50 bits per heavy atom. The van der Waals surface area contributed by atoms with E-state index in [9.17, 15) is 0 Å². The van der Waals surface area contributed by atoms with Crippen LogP contribution in [0.3, 0.4) is 0 Å². The van der Waals surface area contributed by atoms with Crippen LogP contribution in [0.15, 0.2) is 0 Å². The quantitative estimate of drug-likeness (QED) is 0.477. The van der Waals surface area contributed by atoms with Gasteiger partial charge >= 0.3 is 0 Å². The molecule has 0 fully saturated rings. The van der Waals surface area contributed by atoms with Crippen molar-refractivity contribution in [3.05, 3.63) is 0 Å². The summed E-state index contributed by atoms with van der Waals surface area (Å²) in [5.41, 5.74) is 10.3. The van der Waals surface area contributed by atoms with Crippen LogP contribution in [0.4, 0.5) is 0 Å². The van der Waals surface area contributed by atoms with Crippen molar-refractivity contribution in [3.8, 4) is 0 Å². The molecule has 0 aromatic rings. The normalized spacial score (nSPS) is 9.00. The lowest BCUT2D eigenvalue weighted by Gasteiger charge is -1.87. The molecule has 0 spiro atoms. The fourth-order valence-electron chi connectivity index (χ4n) is 0.289. The predicted octanol–water partition coefficient (Wildman–Crippen LogP) is -0.0700. The van der Waals surface area contributed by atoms with E-state index in [1.165, 1.54) is 0 Å². The third-order valence-electron chi connectivity index (χ3n) is 0.658. The van der Waals surface area contributed by atoms with Crippen LogP contribution in [0.2, 0.25) is 0 Å². The molecule has 40 valence electrons. The zero-order chi connectivity index (χ0) is 4.83. The van der Waals surface area contributed by atoms with Crippen molar-refractivity contribution in [2.24, 2.45) is 11.5 Å². The zero-order valence-corrected chi connectivity index (χ0v) is 3.98. The molecule has 0 atom stereocenters. The fourth-order valence-corrected chi connectivity index (χ4v) is 0.289. The van der Waals surface area contributed by atoms with Crippen molar-refractivity contribution in [1.82, 2.24) is 0 Å². The van der Waals surface area contributed by atoms with Crippen LogP contribution in [-0.4, -0.2) is 13.1 Å². The molecule has 0 radical (unpaired) electrons. The van der Waals surface area contributed by atoms with Gasteiger partial charge in [-0.05, 0) is 25.9 Å². The van der Waals surface area contributed by atoms with E-state index in [4.69, 9.17) is 11.5 Å². The van der Waals surface area contributed by atoms with Gasteiger partial charge in [-0.3, -0.25) is 0 Å². The molecule has 0 aromatic carbocycles. The lowest BCUT2D eigenvalue weighted by atomic mass is 10.3. The van der Waals surface area contributed by atoms with Crippen molar-refractivity contribution in [2.45, 2.75) is 12.8 Å². The third-order valence-corrected chi connectivity index (χ3v) is 0.658. The molecule has 2 nitrogen and oxygen atoms in total. The lowest BCUT2D eigenvalue weighted by molar-refractivity contribution is 0.755. The van der Waals surface area contributed by atoms with Crippen LogP contribution >= 0.6 is 0 Å². The summed E-state index contributed by atoms with van der Waals surface area (Å²) in [5.74, 6) is 0. The minimum atomic E-state index is 0. The van der Waals surface area contributed by atoms with Gasteiger partial charge in [0.15, 0.2) is 0 Å². The maximum absolute atomic E-state index is 5.16. The van der Waals surface area contributed by atoms with Crippen LogP contribution in [0.1, 0.15) is 14.3 Å². The molecule has 0 aliphatic carbocycles. The molecule has 0 saturated heterocycles. The number of hydrogen-bond acceptors (Lipinski definition) is 2. The molecule has 0 bridgehead atoms. The summed E-state index contributed by atoms with van der Waals surface area (Å²) in [4.78, 5) is 0. The molecular weight excluding hydrogens is 76.1 g/mol. The number of unbranched alkanes of at least 4 members (excludes halogenated alkanes) is 1. The molecule has 0 aliphatic heterocycles. The van der Waals surface area contributed by atoms with Gasteiger partial charge in [-0.15, -0.1) is 0 Å². The Labute approximate surface area is 40.0 Å². The molecule has 0 saturated carbocycles. The van der Waals surface area contributed by atoms with Crippen LogP contribution in [0.25, 0.3) is 0 Å². The Hall–Kier alpha value is -0.0800. The molecule has 0 amide bonds. The van der Waals surface area contributed by atoms with Crippen molar-refractivity contribution >= 4 is 0 Å². The molecule has 4 N–H and O–H groups in total. The SMILES string of the molecule is NCCCCN.[HH]. The largest absolute Gasteiger partial charge is 0.330 e. The van der Waals surface area contributed by atoms with Gasteiger partial charge in [-0.1, -0.05) is 0 Å². The summed E-state index contributed by atoms with van der Waals surface area (Å²) in [5, 5.41) is 0. The molecule has 6 heavy (non-hydrogen) atoms. The molecule has 0 aliphatic rings. The fraction of sp³-hybridized carbons (Fsp3) is 1.00. The van der Waals surface area contributed by atoms with E-state index in [0.717, 1.165) is 25.9 Å². The van der Waals surface area contributed by atoms with Gasteiger partial charge < -0.3 is 11.5 Å². The summed E-state index contributed by atoms with van der Waals surface area (Å²) < 4.78 is 0. The number of hydrogen-bond donors (Lipinski definition) is 2. The highest BCUT2D eigenvalue weighted by atomic mass is 14.5. The van der Waals surface area contributed by atoms with Gasteiger partial charge in [0.2, 0.25) is 0 Å². The minimum Gasteiger partial charge on any atom is -0.330 e. The zero-order valence-electron chi connectivity index (χ0n) is 3.98. The average molecular weight is 90.2 g/mol. The van der Waals surface area contributed by atoms with E-state index >= 15 is 0 Å². The highest BCUT2D eigenvalue weighted by Gasteiger charge is 1.75. The molecule has 0 aromatic heterocycles. The Bertz CT molecular complexity index is 21.7. The van der Waals surface area contributed by atoms with Crippen LogP contribution in [0.5, 0.6) is 0 Å². The molecule has 0 unspecified atom stereocenters. The Kier molecular flexibility index (Phi) is 4.85. The second-order valence-corrected chi connectivity index (χ2v) is 1.28. The Morgan fingerprint density at radius 2 is 1.33 bits per heavy atom. The van der Waals surface area contributed by atoms with E-state index in [1.54, 1.807) is 0 Å². The van der Waals surface area contributed by atoms with Gasteiger partial charge in [0.25, 0.3) is 0 Å². The second-order valence-electron chi connectivity index (χ2n) is 1.28. The van der Waals surface area contributed by atoms with E-state index in [-0.39, 0.29) is 1.43 Å². The first-order valence-electron chi connectivity index (χ1n) is 2.32. The maximum atomic E-state index is 5.16. The summed E-state index contributed by atoms with van der Waals surface area (Å²) in [7, 11) is 0. The van der Waals surface area contributed by atoms with Gasteiger partial charge in [-0.2, -0.15) is 0 Å². The van der Waals surface area contributed by atoms with Gasteiger partial charge in [0.1, 0.15) is 0 Å². The van der Waals surface area contributed by atoms with Gasteiger partial charge in [-0.25, -0.2) is 0 Å². The summed E-state index contributed by atoms with van der Waals surface area (Å²) >= 11 is 0. The molecule has 0 rings (SSSR count). The summed E-state index contributed by atoms with van der Waals surface area (Å²) in [6.45, 7) is 1.55. The van der Waals surface area contributed by atoms with Crippen LogP contribution in [-0.2, 0) is 0 Å². The first-order chi connectivity index (χ1) is 2.91. The smallest absolute Gasteiger partial charge is 0 e. The van der Waals surface area contributed by atoms with Crippen molar-refractivity contribution in [3.63, 3.8) is 0 Å². The van der Waals surface area contributed by atoms with Crippen LogP contribution < -0.4 is 11.5 Å². The van der Waals surface area contributed by atoms with E-state index in [2.05, 4.69) is 0 Å². The van der Waals surface area contributed by atoms with Gasteiger partial charge in [0, 0.05) is 1.43 Å². The predicted molar refractivity (Wildman–Crippen MR) is 29.5 cm³/mol.